The Hall–Kier alpha value is -3.37. The Kier molecular flexibility index (Phi) is 3.93. The Morgan fingerprint density at radius 3 is 2.46 bits per heavy atom. The lowest BCUT2D eigenvalue weighted by molar-refractivity contribution is -0.141. The van der Waals surface area contributed by atoms with E-state index in [4.69, 9.17) is 0 Å². The molecule has 0 saturated carbocycles. The van der Waals surface area contributed by atoms with Crippen molar-refractivity contribution in [3.05, 3.63) is 67.6 Å². The van der Waals surface area contributed by atoms with E-state index in [2.05, 4.69) is 0 Å². The first-order valence-corrected chi connectivity index (χ1v) is 7.12. The highest BCUT2D eigenvalue weighted by Crippen LogP contribution is 2.29. The second kappa shape index (κ2) is 5.86. The second-order valence-corrected chi connectivity index (χ2v) is 5.36. The van der Waals surface area contributed by atoms with E-state index in [-0.39, 0.29) is 0 Å². The number of fused-ring (bicyclic) bond motifs is 1. The highest BCUT2D eigenvalue weighted by molar-refractivity contribution is 6.06. The van der Waals surface area contributed by atoms with E-state index in [0.29, 0.717) is 4.52 Å². The van der Waals surface area contributed by atoms with Crippen LogP contribution in [0.4, 0.5) is 23.2 Å². The molecule has 0 aliphatic heterocycles. The van der Waals surface area contributed by atoms with E-state index in [1.807, 2.05) is 15.4 Å². The van der Waals surface area contributed by atoms with Crippen molar-refractivity contribution in [1.82, 2.24) is 14.6 Å². The Bertz CT molecular complexity index is 1140. The van der Waals surface area contributed by atoms with Gasteiger partial charge in [0.15, 0.2) is 11.3 Å². The van der Waals surface area contributed by atoms with Crippen molar-refractivity contribution in [3.63, 3.8) is 0 Å². The summed E-state index contributed by atoms with van der Waals surface area (Å²) < 4.78 is 53.4. The van der Waals surface area contributed by atoms with Crippen LogP contribution in [0.3, 0.4) is 0 Å². The van der Waals surface area contributed by atoms with Crippen molar-refractivity contribution >= 4 is 17.2 Å². The quantitative estimate of drug-likeness (QED) is 0.602. The van der Waals surface area contributed by atoms with E-state index >= 15 is 0 Å². The highest BCUT2D eigenvalue weighted by Gasteiger charge is 2.36. The number of carbonyl (C=O) groups excluding carboxylic acids is 1. The number of hydrogen-bond donors (Lipinski definition) is 3. The van der Waals surface area contributed by atoms with E-state index < -0.39 is 57.2 Å². The fourth-order valence-electron chi connectivity index (χ4n) is 2.42. The molecule has 0 saturated heterocycles. The zero-order valence-corrected chi connectivity index (χ0v) is 13.0. The molecule has 7 nitrogen and oxygen atoms in total. The van der Waals surface area contributed by atoms with Gasteiger partial charge >= 0.3 is 6.18 Å². The molecule has 136 valence electrons. The highest BCUT2D eigenvalue weighted by atomic mass is 19.4. The van der Waals surface area contributed by atoms with Gasteiger partial charge in [-0.15, -0.1) is 0 Å². The number of aromatic nitrogens is 3. The molecule has 3 N–H and O–H groups in total. The molecule has 1 amide bonds. The van der Waals surface area contributed by atoms with Gasteiger partial charge in [0.05, 0.1) is 5.56 Å². The van der Waals surface area contributed by atoms with Crippen LogP contribution in [0.15, 0.2) is 33.9 Å². The van der Waals surface area contributed by atoms with Crippen LogP contribution >= 0.6 is 0 Å². The van der Waals surface area contributed by atoms with Gasteiger partial charge in [-0.1, -0.05) is 12.1 Å². The third-order valence-corrected chi connectivity index (χ3v) is 3.68. The topological polar surface area (TPSA) is 99.2 Å². The van der Waals surface area contributed by atoms with Gasteiger partial charge in [-0.3, -0.25) is 19.5 Å². The number of benzene rings is 1. The van der Waals surface area contributed by atoms with E-state index in [9.17, 15) is 31.9 Å². The summed E-state index contributed by atoms with van der Waals surface area (Å²) in [5.74, 6) is -1.94. The fraction of sp³-hybridized carbons (Fsp3) is 0.133. The average molecular weight is 370 g/mol. The maximum absolute atomic E-state index is 13.7. The molecule has 2 heterocycles. The van der Waals surface area contributed by atoms with Gasteiger partial charge < -0.3 is 10.3 Å². The summed E-state index contributed by atoms with van der Waals surface area (Å²) in [6.45, 7) is 0.941. The van der Waals surface area contributed by atoms with Gasteiger partial charge in [0.2, 0.25) is 0 Å². The molecule has 0 spiro atoms. The number of aromatic amines is 2. The van der Waals surface area contributed by atoms with E-state index in [1.165, 1.54) is 12.1 Å². The number of nitrogens with zero attached hydrogens (tertiary/aromatic N) is 1. The number of anilines is 1. The van der Waals surface area contributed by atoms with Crippen molar-refractivity contribution in [3.8, 4) is 0 Å². The zero-order valence-electron chi connectivity index (χ0n) is 13.0. The number of halogens is 4. The van der Waals surface area contributed by atoms with Gasteiger partial charge in [-0.25, -0.2) is 4.39 Å². The summed E-state index contributed by atoms with van der Waals surface area (Å²) in [6.07, 6.45) is -4.88. The second-order valence-electron chi connectivity index (χ2n) is 5.36. The number of alkyl halides is 3. The molecule has 0 aliphatic carbocycles. The molecule has 0 atom stereocenters. The lowest BCUT2D eigenvalue weighted by atomic mass is 10.2. The van der Waals surface area contributed by atoms with Gasteiger partial charge in [-0.2, -0.15) is 17.7 Å². The Balaban J connectivity index is 2.18. The number of nitrogens with one attached hydrogen (secondary N) is 3. The molecular weight excluding hydrogens is 360 g/mol. The predicted octanol–water partition coefficient (Wildman–Crippen LogP) is 2.03. The summed E-state index contributed by atoms with van der Waals surface area (Å²) in [5, 5.41) is 4.06. The van der Waals surface area contributed by atoms with Crippen molar-refractivity contribution in [2.24, 2.45) is 0 Å². The van der Waals surface area contributed by atoms with Crippen LogP contribution in [0.25, 0.3) is 5.65 Å². The van der Waals surface area contributed by atoms with Crippen molar-refractivity contribution < 1.29 is 22.4 Å². The standard InChI is InChI=1S/C15H10F4N4O3/c1-6-10(15(17,18)19)21-11-9(13(25)22-23(11)14(6)26)20-12(24)7-4-2-3-5-8(7)16/h2-5,21H,1H3,(H,20,24)(H,22,25). The minimum absolute atomic E-state index is 0.420. The molecule has 3 rings (SSSR count). The Labute approximate surface area is 141 Å². The SMILES string of the molecule is Cc1c(C(F)(F)F)[nH]c2c(NC(=O)c3ccccc3F)c(=O)[nH]n2c1=O. The summed E-state index contributed by atoms with van der Waals surface area (Å²) in [5.41, 5.74) is -5.82. The maximum Gasteiger partial charge on any atom is 0.431 e. The molecule has 0 aliphatic rings. The van der Waals surface area contributed by atoms with Crippen molar-refractivity contribution in [2.45, 2.75) is 13.1 Å². The lowest BCUT2D eigenvalue weighted by Crippen LogP contribution is -2.25. The van der Waals surface area contributed by atoms with Crippen molar-refractivity contribution in [1.29, 1.82) is 0 Å². The van der Waals surface area contributed by atoms with Gasteiger partial charge in [0.25, 0.3) is 17.0 Å². The van der Waals surface area contributed by atoms with Crippen LogP contribution in [-0.4, -0.2) is 20.5 Å². The predicted molar refractivity (Wildman–Crippen MR) is 82.7 cm³/mol. The maximum atomic E-state index is 13.7. The first-order chi connectivity index (χ1) is 12.1. The lowest BCUT2D eigenvalue weighted by Gasteiger charge is -2.11. The minimum atomic E-state index is -4.88. The average Bonchev–Trinajstić information content (AvgIpc) is 2.86. The number of rotatable bonds is 2. The van der Waals surface area contributed by atoms with Crippen LogP contribution < -0.4 is 16.4 Å². The number of hydrogen-bond acceptors (Lipinski definition) is 3. The molecule has 0 bridgehead atoms. The van der Waals surface area contributed by atoms with Gasteiger partial charge in [-0.05, 0) is 19.1 Å². The molecule has 0 unspecified atom stereocenters. The largest absolute Gasteiger partial charge is 0.431 e. The monoisotopic (exact) mass is 370 g/mol. The van der Waals surface area contributed by atoms with E-state index in [1.54, 1.807) is 0 Å². The first kappa shape index (κ1) is 17.5. The van der Waals surface area contributed by atoms with Crippen LogP contribution in [0.1, 0.15) is 21.6 Å². The molecule has 0 radical (unpaired) electrons. The number of H-pyrrole nitrogens is 2. The third-order valence-electron chi connectivity index (χ3n) is 3.68. The third kappa shape index (κ3) is 2.76. The molecular formula is C15H10F4N4O3. The molecule has 3 aromatic rings. The number of amides is 1. The Morgan fingerprint density at radius 1 is 1.19 bits per heavy atom. The van der Waals surface area contributed by atoms with Crippen molar-refractivity contribution in [2.75, 3.05) is 5.32 Å². The molecule has 0 fully saturated rings. The fourth-order valence-corrected chi connectivity index (χ4v) is 2.42. The molecule has 2 aromatic heterocycles. The summed E-state index contributed by atoms with van der Waals surface area (Å²) in [6, 6.07) is 4.84. The minimum Gasteiger partial charge on any atom is -0.334 e. The zero-order chi connectivity index (χ0) is 19.2. The van der Waals surface area contributed by atoms with E-state index in [0.717, 1.165) is 19.1 Å². The molecule has 1 aromatic carbocycles. The van der Waals surface area contributed by atoms with Crippen LogP contribution in [0.5, 0.6) is 0 Å². The van der Waals surface area contributed by atoms with Gasteiger partial charge in [0, 0.05) is 5.56 Å². The number of carbonyl (C=O) groups is 1. The Morgan fingerprint density at radius 2 is 1.85 bits per heavy atom. The summed E-state index contributed by atoms with van der Waals surface area (Å²) in [4.78, 5) is 38.1. The summed E-state index contributed by atoms with van der Waals surface area (Å²) in [7, 11) is 0. The first-order valence-electron chi connectivity index (χ1n) is 7.12. The molecule has 26 heavy (non-hydrogen) atoms. The summed E-state index contributed by atoms with van der Waals surface area (Å²) >= 11 is 0. The smallest absolute Gasteiger partial charge is 0.334 e. The molecule has 11 heteroatoms. The van der Waals surface area contributed by atoms with Crippen LogP contribution in [0.2, 0.25) is 0 Å². The van der Waals surface area contributed by atoms with Crippen LogP contribution in [0, 0.1) is 12.7 Å². The normalized spacial score (nSPS) is 11.7. The van der Waals surface area contributed by atoms with Gasteiger partial charge in [0.1, 0.15) is 11.5 Å². The van der Waals surface area contributed by atoms with Crippen LogP contribution in [-0.2, 0) is 6.18 Å².